The molecule has 3 atom stereocenters. The predicted octanol–water partition coefficient (Wildman–Crippen LogP) is 6.14. The Morgan fingerprint density at radius 3 is 2.15 bits per heavy atom. The standard InChI is InChI=1S/C26H28F7N5O2.ClH/c1-15(17-10-18(25(28,29)30)12-19(11-17)26(31,32)33)40-24-23(16-4-6-20(27)7-5-16)38(8-9-39-24)14-22-21(13-37(2)3)34-36-35-22;/h4-7,10-12,15,23-24H,8-9,13-14H2,1-3H3,(H,34,35,36);1H/t15-,23+,24?;/m1./s1. The fourth-order valence-electron chi connectivity index (χ4n) is 4.52. The molecule has 1 saturated heterocycles. The summed E-state index contributed by atoms with van der Waals surface area (Å²) in [6.45, 7) is 2.69. The van der Waals surface area contributed by atoms with E-state index in [1.165, 1.54) is 31.2 Å². The molecule has 3 aromatic rings. The van der Waals surface area contributed by atoms with Crippen LogP contribution < -0.4 is 0 Å². The van der Waals surface area contributed by atoms with Crippen molar-refractivity contribution in [1.29, 1.82) is 0 Å². The minimum absolute atomic E-state index is 0. The van der Waals surface area contributed by atoms with Gasteiger partial charge in [-0.15, -0.1) is 12.4 Å². The monoisotopic (exact) mass is 611 g/mol. The van der Waals surface area contributed by atoms with Crippen molar-refractivity contribution >= 4 is 12.4 Å². The molecule has 2 aromatic carbocycles. The van der Waals surface area contributed by atoms with E-state index in [-0.39, 0.29) is 37.2 Å². The summed E-state index contributed by atoms with van der Waals surface area (Å²) in [4.78, 5) is 3.86. The molecule has 0 amide bonds. The van der Waals surface area contributed by atoms with Gasteiger partial charge in [0, 0.05) is 19.6 Å². The average Bonchev–Trinajstić information content (AvgIpc) is 3.29. The summed E-state index contributed by atoms with van der Waals surface area (Å²) in [7, 11) is 3.75. The van der Waals surface area contributed by atoms with E-state index >= 15 is 0 Å². The highest BCUT2D eigenvalue weighted by atomic mass is 35.5. The number of hydrogen-bond donors (Lipinski definition) is 1. The zero-order valence-electron chi connectivity index (χ0n) is 22.3. The number of aromatic amines is 1. The summed E-state index contributed by atoms with van der Waals surface area (Å²) in [5, 5.41) is 11.0. The van der Waals surface area contributed by atoms with Gasteiger partial charge in [0.1, 0.15) is 17.2 Å². The highest BCUT2D eigenvalue weighted by molar-refractivity contribution is 5.85. The summed E-state index contributed by atoms with van der Waals surface area (Å²) in [6, 6.07) is 6.20. The van der Waals surface area contributed by atoms with Crippen LogP contribution in [0, 0.1) is 5.82 Å². The molecule has 1 N–H and O–H groups in total. The van der Waals surface area contributed by atoms with Crippen LogP contribution in [0.25, 0.3) is 0 Å². The number of hydrogen-bond acceptors (Lipinski definition) is 6. The Morgan fingerprint density at radius 2 is 1.59 bits per heavy atom. The van der Waals surface area contributed by atoms with Gasteiger partial charge >= 0.3 is 12.4 Å². The first-order chi connectivity index (χ1) is 18.7. The van der Waals surface area contributed by atoms with Crippen LogP contribution in [0.1, 0.15) is 52.7 Å². The van der Waals surface area contributed by atoms with Gasteiger partial charge in [0.05, 0.1) is 29.9 Å². The van der Waals surface area contributed by atoms with Crippen LogP contribution in [0.15, 0.2) is 42.5 Å². The number of benzene rings is 2. The molecule has 7 nitrogen and oxygen atoms in total. The highest BCUT2D eigenvalue weighted by Gasteiger charge is 2.39. The summed E-state index contributed by atoms with van der Waals surface area (Å²) < 4.78 is 106. The maximum Gasteiger partial charge on any atom is 0.416 e. The van der Waals surface area contributed by atoms with Crippen LogP contribution in [0.3, 0.4) is 0 Å². The maximum absolute atomic E-state index is 13.7. The van der Waals surface area contributed by atoms with Crippen molar-refractivity contribution in [3.05, 3.63) is 81.9 Å². The van der Waals surface area contributed by atoms with Gasteiger partial charge < -0.3 is 14.4 Å². The molecule has 2 heterocycles. The van der Waals surface area contributed by atoms with Crippen LogP contribution in [0.2, 0.25) is 0 Å². The molecular formula is C26H29ClF7N5O2. The molecule has 4 rings (SSSR count). The number of nitrogens with one attached hydrogen (secondary N) is 1. The van der Waals surface area contributed by atoms with Crippen LogP contribution in [-0.2, 0) is 34.9 Å². The first-order valence-electron chi connectivity index (χ1n) is 12.3. The van der Waals surface area contributed by atoms with E-state index in [9.17, 15) is 30.7 Å². The van der Waals surface area contributed by atoms with Crippen molar-refractivity contribution in [1.82, 2.24) is 25.2 Å². The van der Waals surface area contributed by atoms with Crippen LogP contribution in [0.5, 0.6) is 0 Å². The number of rotatable bonds is 8. The minimum atomic E-state index is -4.99. The van der Waals surface area contributed by atoms with Crippen molar-refractivity contribution in [3.63, 3.8) is 0 Å². The number of morpholine rings is 1. The zero-order chi connectivity index (χ0) is 29.2. The first kappa shape index (κ1) is 32.7. The van der Waals surface area contributed by atoms with Gasteiger partial charge in [0.15, 0.2) is 6.29 Å². The lowest BCUT2D eigenvalue weighted by molar-refractivity contribution is -0.231. The number of nitrogens with zero attached hydrogens (tertiary/aromatic N) is 4. The van der Waals surface area contributed by atoms with Crippen molar-refractivity contribution in [2.75, 3.05) is 27.2 Å². The Balaban J connectivity index is 0.00000462. The van der Waals surface area contributed by atoms with Crippen molar-refractivity contribution in [2.45, 2.75) is 50.8 Å². The van der Waals surface area contributed by atoms with Crippen LogP contribution in [-0.4, -0.2) is 58.7 Å². The number of aromatic nitrogens is 3. The quantitative estimate of drug-likeness (QED) is 0.309. The zero-order valence-corrected chi connectivity index (χ0v) is 23.1. The van der Waals surface area contributed by atoms with Crippen molar-refractivity contribution in [3.8, 4) is 0 Å². The largest absolute Gasteiger partial charge is 0.416 e. The Labute approximate surface area is 238 Å². The third-order valence-electron chi connectivity index (χ3n) is 6.46. The molecule has 1 aliphatic rings. The van der Waals surface area contributed by atoms with Gasteiger partial charge in [0.25, 0.3) is 0 Å². The molecule has 0 bridgehead atoms. The third kappa shape index (κ3) is 8.16. The molecule has 1 unspecified atom stereocenters. The normalized spacial score (nSPS) is 19.3. The van der Waals surface area contributed by atoms with Gasteiger partial charge in [-0.3, -0.25) is 4.90 Å². The lowest BCUT2D eigenvalue weighted by atomic mass is 10.0. The average molecular weight is 612 g/mol. The summed E-state index contributed by atoms with van der Waals surface area (Å²) >= 11 is 0. The molecule has 1 aliphatic heterocycles. The van der Waals surface area contributed by atoms with E-state index in [1.54, 1.807) is 0 Å². The Morgan fingerprint density at radius 1 is 1.00 bits per heavy atom. The third-order valence-corrected chi connectivity index (χ3v) is 6.46. The smallest absolute Gasteiger partial charge is 0.349 e. The Hall–Kier alpha value is -2.78. The van der Waals surface area contributed by atoms with E-state index in [1.807, 2.05) is 23.9 Å². The molecule has 226 valence electrons. The van der Waals surface area contributed by atoms with Crippen LogP contribution in [0.4, 0.5) is 30.7 Å². The SMILES string of the molecule is C[C@@H](OC1OCCN(Cc2n[nH]nc2CN(C)C)[C@H]1c1ccc(F)cc1)c1cc(C(F)(F)F)cc(C(F)(F)F)c1.Cl. The number of ether oxygens (including phenoxy) is 2. The summed E-state index contributed by atoms with van der Waals surface area (Å²) in [6.07, 6.45) is -12.3. The minimum Gasteiger partial charge on any atom is -0.349 e. The lowest BCUT2D eigenvalue weighted by Gasteiger charge is -2.42. The number of H-pyrrole nitrogens is 1. The highest BCUT2D eigenvalue weighted by Crippen LogP contribution is 2.40. The molecule has 0 saturated carbocycles. The van der Waals surface area contributed by atoms with Crippen molar-refractivity contribution < 1.29 is 40.2 Å². The number of halogens is 8. The second-order valence-corrected chi connectivity index (χ2v) is 9.78. The number of alkyl halides is 6. The molecular weight excluding hydrogens is 583 g/mol. The second kappa shape index (κ2) is 13.0. The Bertz CT molecular complexity index is 1250. The van der Waals surface area contributed by atoms with Gasteiger partial charge in [-0.25, -0.2) is 4.39 Å². The van der Waals surface area contributed by atoms with E-state index in [2.05, 4.69) is 15.4 Å². The molecule has 1 aromatic heterocycles. The predicted molar refractivity (Wildman–Crippen MR) is 136 cm³/mol. The van der Waals surface area contributed by atoms with Gasteiger partial charge in [-0.05, 0) is 62.5 Å². The fraction of sp³-hybridized carbons (Fsp3) is 0.462. The molecule has 1 fully saturated rings. The fourth-order valence-corrected chi connectivity index (χ4v) is 4.52. The molecule has 0 radical (unpaired) electrons. The van der Waals surface area contributed by atoms with Crippen molar-refractivity contribution in [2.24, 2.45) is 0 Å². The summed E-state index contributed by atoms with van der Waals surface area (Å²) in [5.41, 5.74) is -1.27. The topological polar surface area (TPSA) is 66.5 Å². The molecule has 0 spiro atoms. The Kier molecular flexibility index (Phi) is 10.4. The van der Waals surface area contributed by atoms with E-state index in [4.69, 9.17) is 9.47 Å². The van der Waals surface area contributed by atoms with E-state index in [0.29, 0.717) is 42.2 Å². The molecule has 15 heteroatoms. The lowest BCUT2D eigenvalue weighted by Crippen LogP contribution is -2.46. The second-order valence-electron chi connectivity index (χ2n) is 9.78. The van der Waals surface area contributed by atoms with E-state index in [0.717, 1.165) is 0 Å². The maximum atomic E-state index is 13.7. The van der Waals surface area contributed by atoms with Gasteiger partial charge in [-0.2, -0.15) is 41.8 Å². The van der Waals surface area contributed by atoms with Gasteiger partial charge in [0.2, 0.25) is 0 Å². The molecule has 0 aliphatic carbocycles. The summed E-state index contributed by atoms with van der Waals surface area (Å²) in [5.74, 6) is -0.480. The first-order valence-corrected chi connectivity index (χ1v) is 12.3. The molecule has 41 heavy (non-hydrogen) atoms. The van der Waals surface area contributed by atoms with E-state index < -0.39 is 47.7 Å². The van der Waals surface area contributed by atoms with Crippen LogP contribution >= 0.6 is 12.4 Å². The van der Waals surface area contributed by atoms with Gasteiger partial charge in [-0.1, -0.05) is 12.1 Å².